The Balaban J connectivity index is 1.55. The van der Waals surface area contributed by atoms with E-state index in [0.717, 1.165) is 34.7 Å². The topological polar surface area (TPSA) is 132 Å². The van der Waals surface area contributed by atoms with Crippen LogP contribution in [0.2, 0.25) is 0 Å². The van der Waals surface area contributed by atoms with Crippen molar-refractivity contribution in [2.45, 2.75) is 52.2 Å². The number of piperidine rings is 1. The summed E-state index contributed by atoms with van der Waals surface area (Å²) < 4.78 is 7.31. The van der Waals surface area contributed by atoms with Gasteiger partial charge in [-0.05, 0) is 58.7 Å². The fourth-order valence-electron chi connectivity index (χ4n) is 4.24. The average molecular weight is 525 g/mol. The first-order chi connectivity index (χ1) is 17.5. The molecule has 1 aliphatic rings. The number of hydrogen-bond acceptors (Lipinski definition) is 6. The van der Waals surface area contributed by atoms with Crippen LogP contribution >= 0.6 is 11.3 Å². The second kappa shape index (κ2) is 10.6. The summed E-state index contributed by atoms with van der Waals surface area (Å²) in [6.07, 6.45) is 2.81. The SMILES string of the molecule is Cc1c(-c2cc(NC(N)=O)c(C(=O)N[C@H]3CCCN(C(=O)OC(C)(C)C)C3)s2)cnn1-c1ccccc1. The van der Waals surface area contributed by atoms with Gasteiger partial charge < -0.3 is 26.0 Å². The van der Waals surface area contributed by atoms with E-state index in [2.05, 4.69) is 15.7 Å². The molecule has 1 aliphatic heterocycles. The zero-order chi connectivity index (χ0) is 26.7. The molecule has 1 aromatic carbocycles. The van der Waals surface area contributed by atoms with Crippen molar-refractivity contribution in [1.29, 1.82) is 0 Å². The molecule has 196 valence electrons. The van der Waals surface area contributed by atoms with Gasteiger partial charge >= 0.3 is 12.1 Å². The van der Waals surface area contributed by atoms with Gasteiger partial charge in [0.05, 0.1) is 17.6 Å². The van der Waals surface area contributed by atoms with Gasteiger partial charge in [0, 0.05) is 35.3 Å². The molecule has 0 radical (unpaired) electrons. The Hall–Kier alpha value is -3.86. The van der Waals surface area contributed by atoms with Gasteiger partial charge in [-0.2, -0.15) is 5.10 Å². The first-order valence-corrected chi connectivity index (χ1v) is 12.9. The van der Waals surface area contributed by atoms with Gasteiger partial charge in [-0.25, -0.2) is 14.3 Å². The molecule has 0 saturated carbocycles. The largest absolute Gasteiger partial charge is 0.444 e. The quantitative estimate of drug-likeness (QED) is 0.451. The number of nitrogens with one attached hydrogen (secondary N) is 2. The van der Waals surface area contributed by atoms with Crippen molar-refractivity contribution < 1.29 is 19.1 Å². The number of nitrogens with zero attached hydrogens (tertiary/aromatic N) is 3. The second-order valence-electron chi connectivity index (χ2n) is 9.97. The number of ether oxygens (including phenoxy) is 1. The zero-order valence-corrected chi connectivity index (χ0v) is 22.2. The number of carbonyl (C=O) groups excluding carboxylic acids is 3. The number of carbonyl (C=O) groups is 3. The predicted molar refractivity (Wildman–Crippen MR) is 143 cm³/mol. The number of nitrogens with two attached hydrogens (primary N) is 1. The molecule has 1 fully saturated rings. The molecule has 0 bridgehead atoms. The van der Waals surface area contributed by atoms with Crippen LogP contribution in [-0.2, 0) is 4.74 Å². The van der Waals surface area contributed by atoms with Crippen molar-refractivity contribution in [1.82, 2.24) is 20.0 Å². The maximum Gasteiger partial charge on any atom is 0.410 e. The van der Waals surface area contributed by atoms with Crippen LogP contribution < -0.4 is 16.4 Å². The van der Waals surface area contributed by atoms with E-state index in [1.165, 1.54) is 11.3 Å². The van der Waals surface area contributed by atoms with Crippen LogP contribution in [0.5, 0.6) is 0 Å². The van der Waals surface area contributed by atoms with Crippen LogP contribution in [0.4, 0.5) is 15.3 Å². The lowest BCUT2D eigenvalue weighted by atomic mass is 10.1. The smallest absolute Gasteiger partial charge is 0.410 e. The van der Waals surface area contributed by atoms with Crippen LogP contribution in [0.25, 0.3) is 16.1 Å². The minimum atomic E-state index is -0.760. The van der Waals surface area contributed by atoms with E-state index in [-0.39, 0.29) is 11.9 Å². The molecule has 2 aromatic heterocycles. The molecule has 0 unspecified atom stereocenters. The van der Waals surface area contributed by atoms with Crippen LogP contribution in [0.1, 0.15) is 49.0 Å². The minimum absolute atomic E-state index is 0.247. The Morgan fingerprint density at radius 1 is 1.19 bits per heavy atom. The van der Waals surface area contributed by atoms with Gasteiger partial charge in [0.2, 0.25) is 0 Å². The summed E-state index contributed by atoms with van der Waals surface area (Å²) in [6, 6.07) is 10.5. The number of rotatable bonds is 5. The summed E-state index contributed by atoms with van der Waals surface area (Å²) in [5.41, 5.74) is 7.78. The van der Waals surface area contributed by atoms with Crippen molar-refractivity contribution in [3.63, 3.8) is 0 Å². The Labute approximate surface area is 219 Å². The van der Waals surface area contributed by atoms with Crippen LogP contribution in [-0.4, -0.2) is 57.4 Å². The fraction of sp³-hybridized carbons (Fsp3) is 0.385. The summed E-state index contributed by atoms with van der Waals surface area (Å²) >= 11 is 1.25. The summed E-state index contributed by atoms with van der Waals surface area (Å²) in [5.74, 6) is -0.343. The highest BCUT2D eigenvalue weighted by atomic mass is 32.1. The van der Waals surface area contributed by atoms with E-state index in [0.29, 0.717) is 23.7 Å². The highest BCUT2D eigenvalue weighted by Gasteiger charge is 2.30. The van der Waals surface area contributed by atoms with Crippen molar-refractivity contribution >= 4 is 35.1 Å². The van der Waals surface area contributed by atoms with Crippen LogP contribution in [0, 0.1) is 6.92 Å². The average Bonchev–Trinajstić information content (AvgIpc) is 3.41. The Bertz CT molecular complexity index is 1290. The Morgan fingerprint density at radius 3 is 2.59 bits per heavy atom. The highest BCUT2D eigenvalue weighted by Crippen LogP contribution is 2.37. The summed E-state index contributed by atoms with van der Waals surface area (Å²) in [4.78, 5) is 40.2. The van der Waals surface area contributed by atoms with E-state index in [9.17, 15) is 14.4 Å². The first kappa shape index (κ1) is 26.2. The number of amides is 4. The van der Waals surface area contributed by atoms with Gasteiger partial charge in [-0.1, -0.05) is 18.2 Å². The van der Waals surface area contributed by atoms with E-state index < -0.39 is 17.7 Å². The number of thiophene rings is 1. The monoisotopic (exact) mass is 524 g/mol. The lowest BCUT2D eigenvalue weighted by molar-refractivity contribution is 0.0185. The fourth-order valence-corrected chi connectivity index (χ4v) is 5.32. The van der Waals surface area contributed by atoms with Gasteiger partial charge in [-0.3, -0.25) is 4.79 Å². The van der Waals surface area contributed by atoms with E-state index in [1.54, 1.807) is 17.2 Å². The third-order valence-corrected chi connectivity index (χ3v) is 7.05. The minimum Gasteiger partial charge on any atom is -0.444 e. The number of aromatic nitrogens is 2. The molecule has 4 N–H and O–H groups in total. The van der Waals surface area contributed by atoms with Gasteiger partial charge in [0.15, 0.2) is 0 Å². The van der Waals surface area contributed by atoms with E-state index in [4.69, 9.17) is 10.5 Å². The molecule has 4 rings (SSSR count). The van der Waals surface area contributed by atoms with Crippen molar-refractivity contribution in [3.05, 3.63) is 53.2 Å². The Kier molecular flexibility index (Phi) is 7.53. The van der Waals surface area contributed by atoms with E-state index in [1.807, 2.05) is 62.7 Å². The van der Waals surface area contributed by atoms with E-state index >= 15 is 0 Å². The number of anilines is 1. The molecule has 1 atom stereocenters. The molecule has 37 heavy (non-hydrogen) atoms. The number of urea groups is 1. The standard InChI is InChI=1S/C26H32N6O4S/c1-16-19(14-28-32(16)18-10-6-5-7-11-18)21-13-20(30-24(27)34)22(37-21)23(33)29-17-9-8-12-31(15-17)25(35)36-26(2,3)4/h5-7,10-11,13-14,17H,8-9,12,15H2,1-4H3,(H,29,33)(H3,27,30,34)/t17-/m0/s1. The van der Waals surface area contributed by atoms with Gasteiger partial charge in [0.25, 0.3) is 5.91 Å². The molecule has 3 aromatic rings. The summed E-state index contributed by atoms with van der Waals surface area (Å²) in [6.45, 7) is 8.33. The summed E-state index contributed by atoms with van der Waals surface area (Å²) in [7, 11) is 0. The molecule has 0 spiro atoms. The number of hydrogen-bond donors (Lipinski definition) is 3. The maximum absolute atomic E-state index is 13.3. The molecule has 10 nitrogen and oxygen atoms in total. The van der Waals surface area contributed by atoms with Crippen molar-refractivity contribution in [2.24, 2.45) is 5.73 Å². The van der Waals surface area contributed by atoms with Crippen LogP contribution in [0.15, 0.2) is 42.6 Å². The summed E-state index contributed by atoms with van der Waals surface area (Å²) in [5, 5.41) is 10.1. The molecule has 4 amide bonds. The van der Waals surface area contributed by atoms with Gasteiger partial charge in [0.1, 0.15) is 10.5 Å². The third-order valence-electron chi connectivity index (χ3n) is 5.88. The normalized spacial score (nSPS) is 15.8. The lowest BCUT2D eigenvalue weighted by Crippen LogP contribution is -2.50. The van der Waals surface area contributed by atoms with Crippen molar-refractivity contribution in [3.8, 4) is 16.1 Å². The zero-order valence-electron chi connectivity index (χ0n) is 21.4. The molecule has 3 heterocycles. The number of para-hydroxylation sites is 1. The molecular formula is C26H32N6O4S. The third kappa shape index (κ3) is 6.29. The van der Waals surface area contributed by atoms with Crippen molar-refractivity contribution in [2.75, 3.05) is 18.4 Å². The predicted octanol–water partition coefficient (Wildman–Crippen LogP) is 4.53. The number of likely N-dealkylation sites (tertiary alicyclic amines) is 1. The first-order valence-electron chi connectivity index (χ1n) is 12.1. The highest BCUT2D eigenvalue weighted by molar-refractivity contribution is 7.18. The second-order valence-corrected chi connectivity index (χ2v) is 11.0. The lowest BCUT2D eigenvalue weighted by Gasteiger charge is -2.34. The number of benzene rings is 1. The number of primary amides is 1. The van der Waals surface area contributed by atoms with Gasteiger partial charge in [-0.15, -0.1) is 11.3 Å². The maximum atomic E-state index is 13.3. The molecular weight excluding hydrogens is 492 g/mol. The molecule has 0 aliphatic carbocycles. The van der Waals surface area contributed by atoms with Crippen LogP contribution in [0.3, 0.4) is 0 Å². The Morgan fingerprint density at radius 2 is 1.92 bits per heavy atom. The molecule has 1 saturated heterocycles. The molecule has 11 heteroatoms.